The summed E-state index contributed by atoms with van der Waals surface area (Å²) in [6, 6.07) is 5.79. The zero-order valence-electron chi connectivity index (χ0n) is 11.2. The lowest BCUT2D eigenvalue weighted by atomic mass is 10.2. The fraction of sp³-hybridized carbons (Fsp3) is 0.571. The van der Waals surface area contributed by atoms with Crippen LogP contribution >= 0.6 is 11.6 Å². The Morgan fingerprint density at radius 3 is 2.67 bits per heavy atom. The van der Waals surface area contributed by atoms with E-state index in [0.29, 0.717) is 19.1 Å². The minimum Gasteiger partial charge on any atom is -0.490 e. The molecule has 1 rings (SSSR count). The van der Waals surface area contributed by atoms with E-state index < -0.39 is 0 Å². The second-order valence-electron chi connectivity index (χ2n) is 4.06. The summed E-state index contributed by atoms with van der Waals surface area (Å²) in [5.41, 5.74) is 1.03. The van der Waals surface area contributed by atoms with Gasteiger partial charge in [0.1, 0.15) is 0 Å². The highest BCUT2D eigenvalue weighted by Crippen LogP contribution is 2.30. The highest BCUT2D eigenvalue weighted by atomic mass is 35.5. The van der Waals surface area contributed by atoms with E-state index in [1.807, 2.05) is 32.0 Å². The number of alkyl halides is 1. The zero-order chi connectivity index (χ0) is 13.4. The Kier molecular flexibility index (Phi) is 6.91. The first-order valence-electron chi connectivity index (χ1n) is 6.18. The molecule has 0 saturated carbocycles. The summed E-state index contributed by atoms with van der Waals surface area (Å²) in [5.74, 6) is 1.98. The molecule has 4 heteroatoms. The Bertz CT molecular complexity index is 355. The van der Waals surface area contributed by atoms with Crippen molar-refractivity contribution in [2.75, 3.05) is 20.3 Å². The highest BCUT2D eigenvalue weighted by molar-refractivity contribution is 6.17. The molecule has 0 aliphatic carbocycles. The van der Waals surface area contributed by atoms with Crippen molar-refractivity contribution in [1.29, 1.82) is 0 Å². The minimum atomic E-state index is 0.0889. The second-order valence-corrected chi connectivity index (χ2v) is 4.32. The van der Waals surface area contributed by atoms with Crippen molar-refractivity contribution < 1.29 is 14.2 Å². The number of hydrogen-bond donors (Lipinski definition) is 0. The third-order valence-corrected chi connectivity index (χ3v) is 2.83. The van der Waals surface area contributed by atoms with Gasteiger partial charge in [-0.1, -0.05) is 6.07 Å². The maximum absolute atomic E-state index is 5.85. The van der Waals surface area contributed by atoms with E-state index in [1.165, 1.54) is 0 Å². The molecule has 0 aromatic heterocycles. The molecule has 1 unspecified atom stereocenters. The number of methoxy groups -OCH3 is 1. The molecule has 18 heavy (non-hydrogen) atoms. The summed E-state index contributed by atoms with van der Waals surface area (Å²) in [4.78, 5) is 0. The van der Waals surface area contributed by atoms with E-state index in [0.717, 1.165) is 23.5 Å². The smallest absolute Gasteiger partial charge is 0.161 e. The number of rotatable bonds is 8. The van der Waals surface area contributed by atoms with Crippen molar-refractivity contribution in [3.63, 3.8) is 0 Å². The van der Waals surface area contributed by atoms with Gasteiger partial charge in [-0.3, -0.25) is 0 Å². The molecule has 0 radical (unpaired) electrons. The lowest BCUT2D eigenvalue weighted by molar-refractivity contribution is 0.132. The molecule has 0 saturated heterocycles. The largest absolute Gasteiger partial charge is 0.490 e. The molecule has 0 amide bonds. The normalized spacial score (nSPS) is 12.2. The Hall–Kier alpha value is -0.930. The minimum absolute atomic E-state index is 0.0889. The van der Waals surface area contributed by atoms with Crippen LogP contribution in [-0.2, 0) is 10.6 Å². The van der Waals surface area contributed by atoms with E-state index in [2.05, 4.69) is 0 Å². The van der Waals surface area contributed by atoms with Crippen LogP contribution in [0.1, 0.15) is 25.8 Å². The van der Waals surface area contributed by atoms with Crippen molar-refractivity contribution in [1.82, 2.24) is 0 Å². The highest BCUT2D eigenvalue weighted by Gasteiger charge is 2.10. The lowest BCUT2D eigenvalue weighted by Gasteiger charge is -2.17. The molecule has 102 valence electrons. The Balaban J connectivity index is 2.73. The number of benzene rings is 1. The predicted molar refractivity (Wildman–Crippen MR) is 73.8 cm³/mol. The second kappa shape index (κ2) is 8.22. The van der Waals surface area contributed by atoms with Crippen molar-refractivity contribution >= 4 is 11.6 Å². The molecular formula is C14H21ClO3. The van der Waals surface area contributed by atoms with Crippen LogP contribution in [0.25, 0.3) is 0 Å². The molecule has 1 atom stereocenters. The van der Waals surface area contributed by atoms with Crippen molar-refractivity contribution in [2.45, 2.75) is 32.3 Å². The topological polar surface area (TPSA) is 27.7 Å². The summed E-state index contributed by atoms with van der Waals surface area (Å²) < 4.78 is 16.5. The maximum Gasteiger partial charge on any atom is 0.161 e. The summed E-state index contributed by atoms with van der Waals surface area (Å²) >= 11 is 5.81. The zero-order valence-corrected chi connectivity index (χ0v) is 12.0. The lowest BCUT2D eigenvalue weighted by Crippen LogP contribution is -2.15. The molecule has 0 aliphatic heterocycles. The summed E-state index contributed by atoms with van der Waals surface area (Å²) in [5, 5.41) is 0. The third-order valence-electron chi connectivity index (χ3n) is 2.52. The molecule has 1 aromatic rings. The fourth-order valence-corrected chi connectivity index (χ4v) is 1.73. The van der Waals surface area contributed by atoms with Crippen molar-refractivity contribution in [2.24, 2.45) is 0 Å². The van der Waals surface area contributed by atoms with Crippen LogP contribution in [0.5, 0.6) is 11.5 Å². The SMILES string of the molecule is CCOc1cc(CCl)ccc1OC(C)CCOC. The van der Waals surface area contributed by atoms with E-state index in [4.69, 9.17) is 25.8 Å². The number of hydrogen-bond acceptors (Lipinski definition) is 3. The molecule has 0 aliphatic rings. The molecule has 0 bridgehead atoms. The van der Waals surface area contributed by atoms with Crippen LogP contribution in [-0.4, -0.2) is 26.4 Å². The molecule has 0 N–H and O–H groups in total. The third kappa shape index (κ3) is 4.75. The van der Waals surface area contributed by atoms with Crippen molar-refractivity contribution in [3.05, 3.63) is 23.8 Å². The number of halogens is 1. The average molecular weight is 273 g/mol. The van der Waals surface area contributed by atoms with Crippen LogP contribution < -0.4 is 9.47 Å². The molecule has 1 aromatic carbocycles. The average Bonchev–Trinajstić information content (AvgIpc) is 2.38. The molecule has 0 fully saturated rings. The predicted octanol–water partition coefficient (Wildman–Crippen LogP) is 3.63. The van der Waals surface area contributed by atoms with Crippen LogP contribution in [0.3, 0.4) is 0 Å². The summed E-state index contributed by atoms with van der Waals surface area (Å²) in [7, 11) is 1.69. The first-order chi connectivity index (χ1) is 8.71. The van der Waals surface area contributed by atoms with Crippen LogP contribution in [0.15, 0.2) is 18.2 Å². The van der Waals surface area contributed by atoms with Gasteiger partial charge in [-0.25, -0.2) is 0 Å². The van der Waals surface area contributed by atoms with Gasteiger partial charge in [-0.15, -0.1) is 11.6 Å². The van der Waals surface area contributed by atoms with Gasteiger partial charge in [0.15, 0.2) is 11.5 Å². The summed E-state index contributed by atoms with van der Waals surface area (Å²) in [6.07, 6.45) is 0.935. The van der Waals surface area contributed by atoms with Crippen molar-refractivity contribution in [3.8, 4) is 11.5 Å². The molecular weight excluding hydrogens is 252 g/mol. The maximum atomic E-state index is 5.85. The van der Waals surface area contributed by atoms with Gasteiger partial charge in [0, 0.05) is 26.0 Å². The Morgan fingerprint density at radius 1 is 1.28 bits per heavy atom. The van der Waals surface area contributed by atoms with Crippen LogP contribution in [0, 0.1) is 0 Å². The van der Waals surface area contributed by atoms with Gasteiger partial charge in [0.25, 0.3) is 0 Å². The van der Waals surface area contributed by atoms with Gasteiger partial charge in [-0.05, 0) is 31.5 Å². The summed E-state index contributed by atoms with van der Waals surface area (Å²) in [6.45, 7) is 5.26. The quantitative estimate of drug-likeness (QED) is 0.677. The van der Waals surface area contributed by atoms with Crippen LogP contribution in [0.4, 0.5) is 0 Å². The standard InChI is InChI=1S/C14H21ClO3/c1-4-17-14-9-12(10-15)5-6-13(14)18-11(2)7-8-16-3/h5-6,9,11H,4,7-8,10H2,1-3H3. The van der Waals surface area contributed by atoms with Gasteiger partial charge in [0.05, 0.1) is 12.7 Å². The van der Waals surface area contributed by atoms with E-state index in [9.17, 15) is 0 Å². The van der Waals surface area contributed by atoms with Gasteiger partial charge in [-0.2, -0.15) is 0 Å². The van der Waals surface area contributed by atoms with Gasteiger partial charge >= 0.3 is 0 Å². The fourth-order valence-electron chi connectivity index (χ4n) is 1.56. The Morgan fingerprint density at radius 2 is 2.06 bits per heavy atom. The monoisotopic (exact) mass is 272 g/mol. The molecule has 0 heterocycles. The first kappa shape index (κ1) is 15.1. The van der Waals surface area contributed by atoms with Gasteiger partial charge < -0.3 is 14.2 Å². The van der Waals surface area contributed by atoms with Gasteiger partial charge in [0.2, 0.25) is 0 Å². The van der Waals surface area contributed by atoms with E-state index in [1.54, 1.807) is 7.11 Å². The van der Waals surface area contributed by atoms with E-state index >= 15 is 0 Å². The Labute approximate surface area is 114 Å². The van der Waals surface area contributed by atoms with Crippen LogP contribution in [0.2, 0.25) is 0 Å². The first-order valence-corrected chi connectivity index (χ1v) is 6.72. The molecule has 0 spiro atoms. The number of ether oxygens (including phenoxy) is 3. The molecule has 3 nitrogen and oxygen atoms in total. The van der Waals surface area contributed by atoms with E-state index in [-0.39, 0.29) is 6.10 Å².